The normalized spacial score (nSPS) is 10.6. The number of anilines is 1. The molecule has 0 spiro atoms. The summed E-state index contributed by atoms with van der Waals surface area (Å²) in [7, 11) is 0. The van der Waals surface area contributed by atoms with Crippen molar-refractivity contribution >= 4 is 23.0 Å². The van der Waals surface area contributed by atoms with Gasteiger partial charge < -0.3 is 10.8 Å². The molecule has 0 radical (unpaired) electrons. The van der Waals surface area contributed by atoms with Gasteiger partial charge in [-0.2, -0.15) is 5.10 Å². The van der Waals surface area contributed by atoms with Gasteiger partial charge in [-0.05, 0) is 19.9 Å². The molecule has 0 aliphatic heterocycles. The van der Waals surface area contributed by atoms with Crippen molar-refractivity contribution in [2.75, 3.05) is 5.73 Å². The lowest BCUT2D eigenvalue weighted by Gasteiger charge is -1.94. The molecule has 0 aliphatic carbocycles. The van der Waals surface area contributed by atoms with Gasteiger partial charge in [0.2, 0.25) is 0 Å². The molecule has 0 aromatic carbocycles. The molecule has 0 aliphatic rings. The summed E-state index contributed by atoms with van der Waals surface area (Å²) < 4.78 is 0. The molecular formula is C10H11N3O2S. The van der Waals surface area contributed by atoms with E-state index in [1.807, 2.05) is 13.8 Å². The van der Waals surface area contributed by atoms with Crippen LogP contribution in [0.2, 0.25) is 0 Å². The summed E-state index contributed by atoms with van der Waals surface area (Å²) in [6.07, 6.45) is 0. The number of rotatable bonds is 2. The predicted molar refractivity (Wildman–Crippen MR) is 62.7 cm³/mol. The van der Waals surface area contributed by atoms with Crippen LogP contribution in [0.1, 0.15) is 21.1 Å². The number of aromatic amines is 1. The molecule has 5 nitrogen and oxygen atoms in total. The molecule has 6 heteroatoms. The van der Waals surface area contributed by atoms with E-state index in [9.17, 15) is 4.79 Å². The molecule has 16 heavy (non-hydrogen) atoms. The maximum absolute atomic E-state index is 10.9. The van der Waals surface area contributed by atoms with E-state index >= 15 is 0 Å². The highest BCUT2D eigenvalue weighted by Gasteiger charge is 2.17. The molecule has 0 unspecified atom stereocenters. The van der Waals surface area contributed by atoms with Gasteiger partial charge >= 0.3 is 5.97 Å². The number of carboxylic acid groups (broad SMARTS) is 1. The third kappa shape index (κ3) is 1.57. The third-order valence-electron chi connectivity index (χ3n) is 2.33. The summed E-state index contributed by atoms with van der Waals surface area (Å²) in [6, 6.07) is 1.68. The quantitative estimate of drug-likeness (QED) is 0.745. The number of nitrogen functional groups attached to an aromatic ring is 1. The van der Waals surface area contributed by atoms with Crippen LogP contribution < -0.4 is 5.73 Å². The molecule has 2 heterocycles. The van der Waals surface area contributed by atoms with Gasteiger partial charge in [0, 0.05) is 16.1 Å². The Morgan fingerprint density at radius 1 is 1.56 bits per heavy atom. The minimum absolute atomic E-state index is 0.176. The van der Waals surface area contributed by atoms with Crippen molar-refractivity contribution in [3.8, 4) is 10.4 Å². The zero-order valence-electron chi connectivity index (χ0n) is 8.87. The monoisotopic (exact) mass is 237 g/mol. The van der Waals surface area contributed by atoms with Crippen LogP contribution in [0.15, 0.2) is 6.07 Å². The number of thiophene rings is 1. The molecule has 0 saturated carbocycles. The standard InChI is InChI=1S/C10H11N3O2S/c1-4-8(5(2)13-12-4)7-3-6(11)9(16-7)10(14)15/h3H,11H2,1-2H3,(H,12,13)(H,14,15). The minimum Gasteiger partial charge on any atom is -0.477 e. The van der Waals surface area contributed by atoms with Crippen molar-refractivity contribution < 1.29 is 9.90 Å². The third-order valence-corrected chi connectivity index (χ3v) is 3.49. The molecule has 0 bridgehead atoms. The average Bonchev–Trinajstić information content (AvgIpc) is 2.70. The Morgan fingerprint density at radius 2 is 2.25 bits per heavy atom. The largest absolute Gasteiger partial charge is 0.477 e. The van der Waals surface area contributed by atoms with Crippen LogP contribution in [0.25, 0.3) is 10.4 Å². The summed E-state index contributed by atoms with van der Waals surface area (Å²) in [6.45, 7) is 3.76. The molecule has 0 saturated heterocycles. The highest BCUT2D eigenvalue weighted by molar-refractivity contribution is 7.18. The fraction of sp³-hybridized carbons (Fsp3) is 0.200. The Balaban J connectivity index is 2.58. The number of carboxylic acids is 1. The Morgan fingerprint density at radius 3 is 2.69 bits per heavy atom. The number of nitrogens with two attached hydrogens (primary N) is 1. The molecule has 84 valence electrons. The van der Waals surface area contributed by atoms with Crippen LogP contribution in [0.5, 0.6) is 0 Å². The fourth-order valence-electron chi connectivity index (χ4n) is 1.61. The maximum Gasteiger partial charge on any atom is 0.348 e. The second-order valence-corrected chi connectivity index (χ2v) is 4.56. The van der Waals surface area contributed by atoms with E-state index in [2.05, 4.69) is 10.2 Å². The first-order valence-corrected chi connectivity index (χ1v) is 5.47. The topological polar surface area (TPSA) is 92.0 Å². The second-order valence-electron chi connectivity index (χ2n) is 3.51. The van der Waals surface area contributed by atoms with Crippen LogP contribution in [0.4, 0.5) is 5.69 Å². The Kier molecular flexibility index (Phi) is 2.43. The highest BCUT2D eigenvalue weighted by Crippen LogP contribution is 2.35. The Hall–Kier alpha value is -1.82. The number of hydrogen-bond acceptors (Lipinski definition) is 4. The lowest BCUT2D eigenvalue weighted by molar-refractivity contribution is 0.0703. The smallest absolute Gasteiger partial charge is 0.348 e. The maximum atomic E-state index is 10.9. The van der Waals surface area contributed by atoms with Gasteiger partial charge in [-0.15, -0.1) is 11.3 Å². The van der Waals surface area contributed by atoms with Crippen molar-refractivity contribution in [1.29, 1.82) is 0 Å². The van der Waals surface area contributed by atoms with Gasteiger partial charge in [0.25, 0.3) is 0 Å². The van der Waals surface area contributed by atoms with E-state index < -0.39 is 5.97 Å². The summed E-state index contributed by atoms with van der Waals surface area (Å²) in [5.41, 5.74) is 8.64. The predicted octanol–water partition coefficient (Wildman–Crippen LogP) is 2.04. The highest BCUT2D eigenvalue weighted by atomic mass is 32.1. The van der Waals surface area contributed by atoms with Crippen LogP contribution in [0, 0.1) is 13.8 Å². The molecule has 0 fully saturated rings. The molecular weight excluding hydrogens is 226 g/mol. The van der Waals surface area contributed by atoms with E-state index in [-0.39, 0.29) is 4.88 Å². The number of nitrogens with zero attached hydrogens (tertiary/aromatic N) is 1. The summed E-state index contributed by atoms with van der Waals surface area (Å²) >= 11 is 1.17. The minimum atomic E-state index is -0.993. The molecule has 2 aromatic heterocycles. The van der Waals surface area contributed by atoms with Gasteiger partial charge in [-0.1, -0.05) is 0 Å². The number of hydrogen-bond donors (Lipinski definition) is 3. The Bertz CT molecular complexity index is 537. The average molecular weight is 237 g/mol. The lowest BCUT2D eigenvalue weighted by Crippen LogP contribution is -1.96. The summed E-state index contributed by atoms with van der Waals surface area (Å²) in [5, 5.41) is 15.9. The zero-order valence-corrected chi connectivity index (χ0v) is 9.68. The summed E-state index contributed by atoms with van der Waals surface area (Å²) in [5.74, 6) is -0.993. The lowest BCUT2D eigenvalue weighted by atomic mass is 10.1. The van der Waals surface area contributed by atoms with Crippen molar-refractivity contribution in [3.05, 3.63) is 22.3 Å². The van der Waals surface area contributed by atoms with Crippen molar-refractivity contribution in [2.24, 2.45) is 0 Å². The van der Waals surface area contributed by atoms with Crippen molar-refractivity contribution in [2.45, 2.75) is 13.8 Å². The Labute approximate surface area is 95.9 Å². The number of H-pyrrole nitrogens is 1. The molecule has 4 N–H and O–H groups in total. The molecule has 0 amide bonds. The van der Waals surface area contributed by atoms with E-state index in [1.165, 1.54) is 11.3 Å². The second kappa shape index (κ2) is 3.64. The van der Waals surface area contributed by atoms with E-state index in [0.29, 0.717) is 5.69 Å². The summed E-state index contributed by atoms with van der Waals surface area (Å²) in [4.78, 5) is 11.9. The number of carbonyl (C=O) groups is 1. The van der Waals surface area contributed by atoms with Crippen LogP contribution in [-0.4, -0.2) is 21.3 Å². The van der Waals surface area contributed by atoms with E-state index in [0.717, 1.165) is 21.8 Å². The van der Waals surface area contributed by atoms with Crippen molar-refractivity contribution in [1.82, 2.24) is 10.2 Å². The van der Waals surface area contributed by atoms with Gasteiger partial charge in [-0.25, -0.2) is 4.79 Å². The molecule has 0 atom stereocenters. The number of aryl methyl sites for hydroxylation is 2. The van der Waals surface area contributed by atoms with E-state index in [1.54, 1.807) is 6.07 Å². The number of aromatic nitrogens is 2. The molecule has 2 rings (SSSR count). The van der Waals surface area contributed by atoms with Gasteiger partial charge in [0.15, 0.2) is 0 Å². The SMILES string of the molecule is Cc1n[nH]c(C)c1-c1cc(N)c(C(=O)O)s1. The van der Waals surface area contributed by atoms with Crippen LogP contribution in [0.3, 0.4) is 0 Å². The van der Waals surface area contributed by atoms with E-state index in [4.69, 9.17) is 10.8 Å². The van der Waals surface area contributed by atoms with Crippen LogP contribution >= 0.6 is 11.3 Å². The number of nitrogens with one attached hydrogen (secondary N) is 1. The first kappa shape index (κ1) is 10.7. The van der Waals surface area contributed by atoms with Crippen molar-refractivity contribution in [3.63, 3.8) is 0 Å². The van der Waals surface area contributed by atoms with Gasteiger partial charge in [-0.3, -0.25) is 5.10 Å². The first-order valence-electron chi connectivity index (χ1n) is 4.65. The molecule has 2 aromatic rings. The zero-order chi connectivity index (χ0) is 11.9. The fourth-order valence-corrected chi connectivity index (χ4v) is 2.68. The van der Waals surface area contributed by atoms with Gasteiger partial charge in [0.05, 0.1) is 11.4 Å². The van der Waals surface area contributed by atoms with Crippen LogP contribution in [-0.2, 0) is 0 Å². The van der Waals surface area contributed by atoms with Gasteiger partial charge in [0.1, 0.15) is 4.88 Å². The first-order chi connectivity index (χ1) is 7.50. The number of aromatic carboxylic acids is 1.